The van der Waals surface area contributed by atoms with Gasteiger partial charge in [0.25, 0.3) is 0 Å². The van der Waals surface area contributed by atoms with Crippen molar-refractivity contribution in [2.75, 3.05) is 6.61 Å². The van der Waals surface area contributed by atoms with Crippen molar-refractivity contribution in [1.82, 2.24) is 0 Å². The van der Waals surface area contributed by atoms with Crippen molar-refractivity contribution < 1.29 is 113 Å². The van der Waals surface area contributed by atoms with E-state index in [1.54, 1.807) is 0 Å². The molecule has 48 valence electrons. The number of rotatable bonds is 2. The fraction of sp³-hybridized carbons (Fsp3) is 0.667. The van der Waals surface area contributed by atoms with Crippen molar-refractivity contribution >= 4 is 5.97 Å². The Balaban J connectivity index is -0.0000000120. The predicted octanol–water partition coefficient (Wildman–Crippen LogP) is -10.2. The van der Waals surface area contributed by atoms with Gasteiger partial charge in [0.2, 0.25) is 0 Å². The van der Waals surface area contributed by atoms with E-state index in [2.05, 4.69) is 0 Å². The zero-order valence-electron chi connectivity index (χ0n) is 9.53. The first-order chi connectivity index (χ1) is 3.18. The zero-order chi connectivity index (χ0) is 5.86. The molecule has 10 heavy (non-hydrogen) atoms. The van der Waals surface area contributed by atoms with Crippen molar-refractivity contribution in [2.45, 2.75) is 6.10 Å². The van der Waals surface area contributed by atoms with Gasteiger partial charge < -0.3 is 19.6 Å². The second-order valence-electron chi connectivity index (χ2n) is 1.04. The molecule has 0 aliphatic heterocycles. The minimum Gasteiger partial charge on any atom is -1.00 e. The molecule has 0 amide bonds. The van der Waals surface area contributed by atoms with Gasteiger partial charge in [0.1, 0.15) is 0 Å². The second kappa shape index (κ2) is 13.9. The smallest absolute Gasteiger partial charge is 1.00 e. The molecule has 0 radical (unpaired) electrons. The molecule has 7 heteroatoms. The molecule has 0 aromatic carbocycles. The number of hydrogen-bond acceptors (Lipinski definition) is 3. The van der Waals surface area contributed by atoms with Gasteiger partial charge in [-0.05, 0) is 0 Å². The fourth-order valence-electron chi connectivity index (χ4n) is 0.0781. The molecule has 0 aliphatic carbocycles. The first-order valence-corrected chi connectivity index (χ1v) is 1.70. The third-order valence-corrected chi connectivity index (χ3v) is 0.458. The number of carboxylic acid groups (broad SMARTS) is 1. The van der Waals surface area contributed by atoms with Gasteiger partial charge in [-0.3, -0.25) is 0 Å². The summed E-state index contributed by atoms with van der Waals surface area (Å²) in [5.74, 6) is -1.40. The van der Waals surface area contributed by atoms with Crippen molar-refractivity contribution in [1.29, 1.82) is 0 Å². The molecule has 0 aromatic heterocycles. The molecule has 0 bridgehead atoms. The summed E-state index contributed by atoms with van der Waals surface area (Å²) in [4.78, 5) is 9.52. The number of hydrogen-bond donors (Lipinski definition) is 3. The van der Waals surface area contributed by atoms with Crippen LogP contribution in [-0.4, -0.2) is 34.0 Å². The fourth-order valence-corrected chi connectivity index (χ4v) is 0.0781. The molecule has 0 heterocycles. The Kier molecular flexibility index (Phi) is 31.8. The third-order valence-electron chi connectivity index (χ3n) is 0.458. The second-order valence-corrected chi connectivity index (χ2v) is 1.04. The van der Waals surface area contributed by atoms with Crippen molar-refractivity contribution in [3.8, 4) is 0 Å². The minimum atomic E-state index is -1.63. The summed E-state index contributed by atoms with van der Waals surface area (Å²) in [5.41, 5.74) is 0. The Morgan fingerprint density at radius 3 is 1.70 bits per heavy atom. The minimum absolute atomic E-state index is 0. The van der Waals surface area contributed by atoms with Gasteiger partial charge in [-0.25, -0.2) is 4.79 Å². The monoisotopic (exact) mass is 178 g/mol. The number of carboxylic acids is 1. The van der Waals surface area contributed by atoms with E-state index in [0.29, 0.717) is 0 Å². The predicted molar refractivity (Wildman–Crippen MR) is 24.1 cm³/mol. The van der Waals surface area contributed by atoms with E-state index in [0.717, 1.165) is 0 Å². The Bertz CT molecular complexity index is 88.3. The largest absolute Gasteiger partial charge is 1.00 e. The van der Waals surface area contributed by atoms with Crippen LogP contribution in [0.25, 0.3) is 0 Å². The van der Waals surface area contributed by atoms with E-state index in [1.165, 1.54) is 0 Å². The molecule has 0 saturated carbocycles. The maximum atomic E-state index is 9.52. The average molecular weight is 178 g/mol. The van der Waals surface area contributed by atoms with Crippen LogP contribution in [0.2, 0.25) is 0 Å². The molecular weight excluding hydrogens is 169 g/mol. The van der Waals surface area contributed by atoms with E-state index < -0.39 is 18.7 Å². The van der Waals surface area contributed by atoms with Crippen LogP contribution >= 0.6 is 0 Å². The van der Waals surface area contributed by atoms with Crippen LogP contribution in [0, 0.1) is 0 Å². The Labute approximate surface area is 130 Å². The van der Waals surface area contributed by atoms with Crippen molar-refractivity contribution in [3.63, 3.8) is 0 Å². The molecule has 1 unspecified atom stereocenters. The van der Waals surface area contributed by atoms with Gasteiger partial charge in [-0.15, -0.1) is 0 Å². The third kappa shape index (κ3) is 13.0. The normalized spacial score (nSPS) is 9.40. The summed E-state index contributed by atoms with van der Waals surface area (Å²) in [6, 6.07) is 0. The summed E-state index contributed by atoms with van der Waals surface area (Å²) in [7, 11) is 0. The molecule has 0 aliphatic rings. The Hall–Kier alpha value is 2.39. The maximum absolute atomic E-state index is 9.52. The van der Waals surface area contributed by atoms with Crippen LogP contribution in [0.15, 0.2) is 0 Å². The number of aliphatic hydroxyl groups is 2. The number of aliphatic hydroxyl groups excluding tert-OH is 2. The van der Waals surface area contributed by atoms with E-state index in [4.69, 9.17) is 15.3 Å². The topological polar surface area (TPSA) is 77.8 Å². The molecule has 0 rings (SSSR count). The van der Waals surface area contributed by atoms with E-state index >= 15 is 0 Å². The van der Waals surface area contributed by atoms with Gasteiger partial charge in [0.15, 0.2) is 6.10 Å². The zero-order valence-corrected chi connectivity index (χ0v) is 12.5. The Morgan fingerprint density at radius 2 is 1.70 bits per heavy atom. The first kappa shape index (κ1) is 22.8. The van der Waals surface area contributed by atoms with E-state index in [-0.39, 0.29) is 93.0 Å². The molecule has 0 fully saturated rings. The summed E-state index contributed by atoms with van der Waals surface area (Å²) in [6.07, 6.45) is -1.63. The van der Waals surface area contributed by atoms with Gasteiger partial charge in [-0.1, -0.05) is 0 Å². The van der Waals surface area contributed by atoms with Gasteiger partial charge >= 0.3 is 94.6 Å². The molecular formula is C3H9Na3O4. The summed E-state index contributed by atoms with van der Waals surface area (Å²) in [5, 5.41) is 23.7. The van der Waals surface area contributed by atoms with Crippen LogP contribution in [0.1, 0.15) is 4.28 Å². The Morgan fingerprint density at radius 1 is 1.40 bits per heavy atom. The number of aliphatic carboxylic acids is 1. The van der Waals surface area contributed by atoms with Crippen molar-refractivity contribution in [3.05, 3.63) is 0 Å². The molecule has 1 atom stereocenters. The molecule has 0 spiro atoms. The van der Waals surface area contributed by atoms with Crippen molar-refractivity contribution in [2.24, 2.45) is 0 Å². The molecule has 3 N–H and O–H groups in total. The van der Waals surface area contributed by atoms with E-state index in [1.807, 2.05) is 0 Å². The number of carbonyl (C=O) groups is 1. The van der Waals surface area contributed by atoms with Crippen LogP contribution < -0.4 is 88.7 Å². The van der Waals surface area contributed by atoms with Crippen LogP contribution in [0.5, 0.6) is 0 Å². The summed E-state index contributed by atoms with van der Waals surface area (Å²) >= 11 is 0. The summed E-state index contributed by atoms with van der Waals surface area (Å²) in [6.45, 7) is -0.727. The van der Waals surface area contributed by atoms with E-state index in [9.17, 15) is 4.79 Å². The quantitative estimate of drug-likeness (QED) is 0.367. The maximum Gasteiger partial charge on any atom is 1.00 e. The van der Waals surface area contributed by atoms with Gasteiger partial charge in [-0.2, -0.15) is 0 Å². The van der Waals surface area contributed by atoms with Gasteiger partial charge in [0, 0.05) is 0 Å². The average Bonchev–Trinajstić information content (AvgIpc) is 1.65. The van der Waals surface area contributed by atoms with Crippen LogP contribution in [-0.2, 0) is 4.79 Å². The van der Waals surface area contributed by atoms with Gasteiger partial charge in [0.05, 0.1) is 6.61 Å². The summed E-state index contributed by atoms with van der Waals surface area (Å²) < 4.78 is 0. The molecule has 0 saturated heterocycles. The van der Waals surface area contributed by atoms with Crippen LogP contribution in [0.4, 0.5) is 0 Å². The molecule has 0 aromatic rings. The van der Waals surface area contributed by atoms with Crippen LogP contribution in [0.3, 0.4) is 0 Å². The standard InChI is InChI=1S/C3H6O4.3Na.3H/c4-1-2(5)3(6)7;;;;;;/h2,4-5H,1H2,(H,6,7);;;;;;/q;3*+1;3*-1. The molecule has 4 nitrogen and oxygen atoms in total. The first-order valence-electron chi connectivity index (χ1n) is 1.70. The SMILES string of the molecule is O=C(O)C(O)CO.[H-].[H-].[H-].[Na+].[Na+].[Na+].